The highest BCUT2D eigenvalue weighted by Crippen LogP contribution is 2.29. The molecule has 9 nitrogen and oxygen atoms in total. The Kier molecular flexibility index (Phi) is 8.08. The Morgan fingerprint density at radius 2 is 1.86 bits per heavy atom. The molecule has 29 heavy (non-hydrogen) atoms. The predicted octanol–water partition coefficient (Wildman–Crippen LogP) is 2.50. The molecule has 3 N–H and O–H groups in total. The minimum Gasteiger partial charge on any atom is -0.493 e. The fourth-order valence-electron chi connectivity index (χ4n) is 2.50. The third kappa shape index (κ3) is 6.56. The van der Waals surface area contributed by atoms with Crippen LogP contribution in [0.4, 0.5) is 10.5 Å². The number of anilines is 1. The van der Waals surface area contributed by atoms with E-state index in [9.17, 15) is 9.59 Å². The maximum absolute atomic E-state index is 12.2. The van der Waals surface area contributed by atoms with Gasteiger partial charge in [-0.25, -0.2) is 9.78 Å². The number of methoxy groups -OCH3 is 2. The van der Waals surface area contributed by atoms with Crippen LogP contribution >= 0.6 is 0 Å². The first-order valence-corrected chi connectivity index (χ1v) is 9.11. The lowest BCUT2D eigenvalue weighted by atomic mass is 10.1. The van der Waals surface area contributed by atoms with Gasteiger partial charge in [-0.3, -0.25) is 4.79 Å². The standard InChI is InChI=1S/C20H26N4O5/c1-5-21-20(26)24-15-7-9-19(22-11-15)29-12-18(25)23-13(2)14-6-8-16(27-3)17(10-14)28-4/h6-11,13H,5,12H2,1-4H3,(H,23,25)(H2,21,24,26)/t13-/m0/s1. The van der Waals surface area contributed by atoms with Crippen molar-refractivity contribution in [3.05, 3.63) is 42.1 Å². The molecule has 0 saturated heterocycles. The average Bonchev–Trinajstić information content (AvgIpc) is 2.72. The van der Waals surface area contributed by atoms with Crippen molar-refractivity contribution in [2.24, 2.45) is 0 Å². The van der Waals surface area contributed by atoms with Gasteiger partial charge in [0.15, 0.2) is 18.1 Å². The number of nitrogens with zero attached hydrogens (tertiary/aromatic N) is 1. The molecule has 0 unspecified atom stereocenters. The van der Waals surface area contributed by atoms with Crippen molar-refractivity contribution in [3.8, 4) is 17.4 Å². The molecule has 1 aromatic carbocycles. The van der Waals surface area contributed by atoms with Crippen molar-refractivity contribution in [2.75, 3.05) is 32.7 Å². The maximum Gasteiger partial charge on any atom is 0.319 e. The number of urea groups is 1. The van der Waals surface area contributed by atoms with Crippen LogP contribution in [-0.4, -0.2) is 44.3 Å². The van der Waals surface area contributed by atoms with Gasteiger partial charge in [-0.1, -0.05) is 6.07 Å². The minimum absolute atomic E-state index is 0.187. The lowest BCUT2D eigenvalue weighted by molar-refractivity contribution is -0.123. The number of carbonyl (C=O) groups is 2. The SMILES string of the molecule is CCNC(=O)Nc1ccc(OCC(=O)N[C@@H](C)c2ccc(OC)c(OC)c2)nc1. The molecule has 0 aliphatic heterocycles. The zero-order chi connectivity index (χ0) is 21.2. The van der Waals surface area contributed by atoms with Crippen LogP contribution in [-0.2, 0) is 4.79 Å². The summed E-state index contributed by atoms with van der Waals surface area (Å²) in [6, 6.07) is 8.11. The van der Waals surface area contributed by atoms with Crippen molar-refractivity contribution in [1.82, 2.24) is 15.6 Å². The molecule has 0 aliphatic rings. The van der Waals surface area contributed by atoms with Gasteiger partial charge >= 0.3 is 6.03 Å². The Balaban J connectivity index is 1.85. The largest absolute Gasteiger partial charge is 0.493 e. The predicted molar refractivity (Wildman–Crippen MR) is 109 cm³/mol. The van der Waals surface area contributed by atoms with Gasteiger partial charge in [0.05, 0.1) is 32.1 Å². The Bertz CT molecular complexity index is 826. The summed E-state index contributed by atoms with van der Waals surface area (Å²) in [5, 5.41) is 8.10. The van der Waals surface area contributed by atoms with E-state index in [-0.39, 0.29) is 30.5 Å². The number of benzene rings is 1. The molecule has 0 spiro atoms. The number of nitrogens with one attached hydrogen (secondary N) is 3. The van der Waals surface area contributed by atoms with Gasteiger partial charge in [-0.05, 0) is 37.6 Å². The molecule has 3 amide bonds. The van der Waals surface area contributed by atoms with E-state index >= 15 is 0 Å². The molecule has 0 aliphatic carbocycles. The Morgan fingerprint density at radius 1 is 1.10 bits per heavy atom. The number of hydrogen-bond donors (Lipinski definition) is 3. The lowest BCUT2D eigenvalue weighted by Crippen LogP contribution is -2.31. The quantitative estimate of drug-likeness (QED) is 0.594. The Hall–Kier alpha value is -3.49. The van der Waals surface area contributed by atoms with Crippen LogP contribution in [0.2, 0.25) is 0 Å². The average molecular weight is 402 g/mol. The zero-order valence-corrected chi connectivity index (χ0v) is 16.9. The normalized spacial score (nSPS) is 11.2. The van der Waals surface area contributed by atoms with Crippen LogP contribution in [0, 0.1) is 0 Å². The summed E-state index contributed by atoms with van der Waals surface area (Å²) in [7, 11) is 3.12. The van der Waals surface area contributed by atoms with Gasteiger partial charge in [-0.15, -0.1) is 0 Å². The number of rotatable bonds is 9. The van der Waals surface area contributed by atoms with Gasteiger partial charge in [0.2, 0.25) is 5.88 Å². The van der Waals surface area contributed by atoms with Gasteiger partial charge < -0.3 is 30.2 Å². The topological polar surface area (TPSA) is 111 Å². The van der Waals surface area contributed by atoms with Crippen LogP contribution in [0.3, 0.4) is 0 Å². The van der Waals surface area contributed by atoms with Crippen LogP contribution in [0.5, 0.6) is 17.4 Å². The second kappa shape index (κ2) is 10.7. The maximum atomic E-state index is 12.2. The minimum atomic E-state index is -0.313. The highest BCUT2D eigenvalue weighted by molar-refractivity contribution is 5.88. The van der Waals surface area contributed by atoms with Crippen LogP contribution in [0.15, 0.2) is 36.5 Å². The Morgan fingerprint density at radius 3 is 2.48 bits per heavy atom. The van der Waals surface area contributed by atoms with Crippen LogP contribution in [0.1, 0.15) is 25.5 Å². The highest BCUT2D eigenvalue weighted by Gasteiger charge is 2.13. The van der Waals surface area contributed by atoms with Gasteiger partial charge in [0.1, 0.15) is 0 Å². The highest BCUT2D eigenvalue weighted by atomic mass is 16.5. The molecule has 1 atom stereocenters. The molecule has 9 heteroatoms. The van der Waals surface area contributed by atoms with Crippen molar-refractivity contribution in [3.63, 3.8) is 0 Å². The van der Waals surface area contributed by atoms with E-state index in [2.05, 4.69) is 20.9 Å². The van der Waals surface area contributed by atoms with E-state index in [0.717, 1.165) is 5.56 Å². The van der Waals surface area contributed by atoms with E-state index in [1.165, 1.54) is 6.20 Å². The molecule has 0 fully saturated rings. The zero-order valence-electron chi connectivity index (χ0n) is 16.9. The smallest absolute Gasteiger partial charge is 0.319 e. The number of ether oxygens (including phenoxy) is 3. The third-order valence-corrected chi connectivity index (χ3v) is 3.97. The molecular weight excluding hydrogens is 376 g/mol. The third-order valence-electron chi connectivity index (χ3n) is 3.97. The first-order chi connectivity index (χ1) is 14.0. The van der Waals surface area contributed by atoms with E-state index < -0.39 is 0 Å². The molecule has 0 saturated carbocycles. The van der Waals surface area contributed by atoms with Crippen molar-refractivity contribution in [2.45, 2.75) is 19.9 Å². The van der Waals surface area contributed by atoms with Gasteiger partial charge in [-0.2, -0.15) is 0 Å². The fraction of sp³-hybridized carbons (Fsp3) is 0.350. The molecule has 0 bridgehead atoms. The number of carbonyl (C=O) groups excluding carboxylic acids is 2. The number of aromatic nitrogens is 1. The molecular formula is C20H26N4O5. The van der Waals surface area contributed by atoms with E-state index in [1.54, 1.807) is 32.4 Å². The summed E-state index contributed by atoms with van der Waals surface area (Å²) in [6.45, 7) is 4.02. The monoisotopic (exact) mass is 402 g/mol. The van der Waals surface area contributed by atoms with E-state index in [0.29, 0.717) is 23.7 Å². The number of pyridine rings is 1. The molecule has 156 valence electrons. The van der Waals surface area contributed by atoms with Crippen LogP contribution < -0.4 is 30.2 Å². The van der Waals surface area contributed by atoms with Crippen molar-refractivity contribution < 1.29 is 23.8 Å². The van der Waals surface area contributed by atoms with Gasteiger partial charge in [0.25, 0.3) is 5.91 Å². The summed E-state index contributed by atoms with van der Waals surface area (Å²) < 4.78 is 15.9. The van der Waals surface area contributed by atoms with Crippen molar-refractivity contribution in [1.29, 1.82) is 0 Å². The van der Waals surface area contributed by atoms with E-state index in [1.807, 2.05) is 26.0 Å². The second-order valence-electron chi connectivity index (χ2n) is 6.06. The summed E-state index contributed by atoms with van der Waals surface area (Å²) >= 11 is 0. The van der Waals surface area contributed by atoms with Gasteiger partial charge in [0, 0.05) is 12.6 Å². The molecule has 1 heterocycles. The molecule has 1 aromatic heterocycles. The number of amides is 3. The molecule has 2 aromatic rings. The number of hydrogen-bond acceptors (Lipinski definition) is 6. The summed E-state index contributed by atoms with van der Waals surface area (Å²) in [4.78, 5) is 27.7. The molecule has 2 rings (SSSR count). The fourth-order valence-corrected chi connectivity index (χ4v) is 2.50. The molecule has 0 radical (unpaired) electrons. The van der Waals surface area contributed by atoms with Crippen molar-refractivity contribution >= 4 is 17.6 Å². The summed E-state index contributed by atoms with van der Waals surface area (Å²) in [5.41, 5.74) is 1.39. The Labute approximate surface area is 169 Å². The first kappa shape index (κ1) is 21.8. The lowest BCUT2D eigenvalue weighted by Gasteiger charge is -2.16. The van der Waals surface area contributed by atoms with E-state index in [4.69, 9.17) is 14.2 Å². The summed E-state index contributed by atoms with van der Waals surface area (Å²) in [6.07, 6.45) is 1.45. The van der Waals surface area contributed by atoms with Crippen LogP contribution in [0.25, 0.3) is 0 Å². The first-order valence-electron chi connectivity index (χ1n) is 9.11. The second-order valence-corrected chi connectivity index (χ2v) is 6.06. The summed E-state index contributed by atoms with van der Waals surface area (Å²) in [5.74, 6) is 1.20.